The average Bonchev–Trinajstić information content (AvgIpc) is 2.13. The van der Waals surface area contributed by atoms with Crippen LogP contribution in [0.5, 0.6) is 0 Å². The number of carbonyl (C=O) groups is 1. The first kappa shape index (κ1) is 10.4. The first-order valence-electron chi connectivity index (χ1n) is 3.68. The van der Waals surface area contributed by atoms with E-state index in [1.54, 1.807) is 0 Å². The number of nitrogens with one attached hydrogen (secondary N) is 2. The second-order valence-electron chi connectivity index (χ2n) is 2.45. The van der Waals surface area contributed by atoms with Crippen molar-refractivity contribution in [3.8, 4) is 0 Å². The summed E-state index contributed by atoms with van der Waals surface area (Å²) in [5.41, 5.74) is -0.540. The van der Waals surface area contributed by atoms with Gasteiger partial charge in [-0.05, 0) is 0 Å². The third kappa shape index (κ3) is 2.15. The first-order chi connectivity index (χ1) is 6.54. The number of anilines is 1. The molecule has 1 rings (SSSR count). The SMILES string of the molecule is CNC(=O)Nc1cc(F)cc(F)c1F. The minimum atomic E-state index is -1.35. The molecule has 2 N–H and O–H groups in total. The van der Waals surface area contributed by atoms with Gasteiger partial charge in [0.1, 0.15) is 5.82 Å². The van der Waals surface area contributed by atoms with Crippen molar-refractivity contribution in [3.63, 3.8) is 0 Å². The maximum atomic E-state index is 12.9. The summed E-state index contributed by atoms with van der Waals surface area (Å²) in [4.78, 5) is 10.7. The van der Waals surface area contributed by atoms with Crippen molar-refractivity contribution in [2.45, 2.75) is 0 Å². The van der Waals surface area contributed by atoms with E-state index in [-0.39, 0.29) is 0 Å². The molecule has 1 aromatic carbocycles. The standard InChI is InChI=1S/C8H7F3N2O/c1-12-8(14)13-6-3-4(9)2-5(10)7(6)11/h2-3H,1H3,(H2,12,13,14). The fraction of sp³-hybridized carbons (Fsp3) is 0.125. The van der Waals surface area contributed by atoms with Gasteiger partial charge in [-0.15, -0.1) is 0 Å². The fourth-order valence-electron chi connectivity index (χ4n) is 0.832. The second-order valence-corrected chi connectivity index (χ2v) is 2.45. The van der Waals surface area contributed by atoms with E-state index in [9.17, 15) is 18.0 Å². The summed E-state index contributed by atoms with van der Waals surface area (Å²) in [6, 6.07) is 0.326. The molecule has 3 nitrogen and oxygen atoms in total. The van der Waals surface area contributed by atoms with Gasteiger partial charge in [-0.1, -0.05) is 0 Å². The summed E-state index contributed by atoms with van der Waals surface area (Å²) in [7, 11) is 1.29. The lowest BCUT2D eigenvalue weighted by molar-refractivity contribution is 0.254. The van der Waals surface area contributed by atoms with Gasteiger partial charge in [-0.25, -0.2) is 18.0 Å². The molecule has 14 heavy (non-hydrogen) atoms. The Morgan fingerprint density at radius 2 is 1.93 bits per heavy atom. The Labute approximate surface area is 77.9 Å². The van der Waals surface area contributed by atoms with E-state index in [0.29, 0.717) is 12.1 Å². The van der Waals surface area contributed by atoms with Crippen LogP contribution in [0.2, 0.25) is 0 Å². The van der Waals surface area contributed by atoms with Gasteiger partial charge in [0.15, 0.2) is 11.6 Å². The van der Waals surface area contributed by atoms with Gasteiger partial charge in [0.05, 0.1) is 5.69 Å². The molecular formula is C8H7F3N2O. The summed E-state index contributed by atoms with van der Waals surface area (Å²) in [5.74, 6) is -3.61. The predicted molar refractivity (Wildman–Crippen MR) is 44.4 cm³/mol. The molecule has 0 aliphatic rings. The molecule has 0 heterocycles. The van der Waals surface area contributed by atoms with Crippen LogP contribution < -0.4 is 10.6 Å². The average molecular weight is 204 g/mol. The van der Waals surface area contributed by atoms with E-state index < -0.39 is 29.2 Å². The Hall–Kier alpha value is -1.72. The Morgan fingerprint density at radius 3 is 2.50 bits per heavy atom. The summed E-state index contributed by atoms with van der Waals surface area (Å²) in [6.07, 6.45) is 0. The highest BCUT2D eigenvalue weighted by atomic mass is 19.2. The normalized spacial score (nSPS) is 9.71. The van der Waals surface area contributed by atoms with Gasteiger partial charge in [-0.3, -0.25) is 0 Å². The molecule has 0 unspecified atom stereocenters. The van der Waals surface area contributed by atoms with Crippen LogP contribution in [0.4, 0.5) is 23.7 Å². The van der Waals surface area contributed by atoms with Crippen molar-refractivity contribution in [3.05, 3.63) is 29.6 Å². The van der Waals surface area contributed by atoms with Gasteiger partial charge in [0.25, 0.3) is 0 Å². The van der Waals surface area contributed by atoms with Crippen LogP contribution >= 0.6 is 0 Å². The number of hydrogen-bond donors (Lipinski definition) is 2. The topological polar surface area (TPSA) is 41.1 Å². The molecule has 0 aromatic heterocycles. The van der Waals surface area contributed by atoms with Crippen molar-refractivity contribution in [1.82, 2.24) is 5.32 Å². The smallest absolute Gasteiger partial charge is 0.319 e. The molecule has 1 aromatic rings. The minimum Gasteiger partial charge on any atom is -0.341 e. The summed E-state index contributed by atoms with van der Waals surface area (Å²) in [5, 5.41) is 4.05. The summed E-state index contributed by atoms with van der Waals surface area (Å²) >= 11 is 0. The number of carbonyl (C=O) groups excluding carboxylic acids is 1. The summed E-state index contributed by atoms with van der Waals surface area (Å²) < 4.78 is 38.1. The Morgan fingerprint density at radius 1 is 1.29 bits per heavy atom. The molecule has 0 saturated heterocycles. The first-order valence-corrected chi connectivity index (χ1v) is 3.68. The van der Waals surface area contributed by atoms with Crippen LogP contribution in [0.25, 0.3) is 0 Å². The quantitative estimate of drug-likeness (QED) is 0.673. The molecule has 0 aliphatic heterocycles. The van der Waals surface area contributed by atoms with Crippen molar-refractivity contribution >= 4 is 11.7 Å². The number of urea groups is 1. The lowest BCUT2D eigenvalue weighted by atomic mass is 10.3. The highest BCUT2D eigenvalue weighted by Crippen LogP contribution is 2.18. The van der Waals surface area contributed by atoms with Gasteiger partial charge in [-0.2, -0.15) is 0 Å². The maximum Gasteiger partial charge on any atom is 0.319 e. The summed E-state index contributed by atoms with van der Waals surface area (Å²) in [6.45, 7) is 0. The van der Waals surface area contributed by atoms with Crippen LogP contribution in [-0.2, 0) is 0 Å². The molecule has 0 fully saturated rings. The zero-order valence-corrected chi connectivity index (χ0v) is 7.20. The van der Waals surface area contributed by atoms with E-state index in [1.807, 2.05) is 5.32 Å². The van der Waals surface area contributed by atoms with Gasteiger partial charge >= 0.3 is 6.03 Å². The van der Waals surface area contributed by atoms with Crippen molar-refractivity contribution in [2.75, 3.05) is 12.4 Å². The van der Waals surface area contributed by atoms with Crippen LogP contribution in [0, 0.1) is 17.5 Å². The molecule has 2 amide bonds. The Bertz CT molecular complexity index is 368. The number of rotatable bonds is 1. The van der Waals surface area contributed by atoms with Crippen LogP contribution in [0.15, 0.2) is 12.1 Å². The Balaban J connectivity index is 3.02. The number of benzene rings is 1. The van der Waals surface area contributed by atoms with E-state index in [2.05, 4.69) is 5.32 Å². The molecule has 0 saturated carbocycles. The zero-order chi connectivity index (χ0) is 10.7. The fourth-order valence-corrected chi connectivity index (χ4v) is 0.832. The van der Waals surface area contributed by atoms with Crippen molar-refractivity contribution in [1.29, 1.82) is 0 Å². The van der Waals surface area contributed by atoms with Crippen molar-refractivity contribution in [2.24, 2.45) is 0 Å². The highest BCUT2D eigenvalue weighted by Gasteiger charge is 2.12. The van der Waals surface area contributed by atoms with Crippen molar-refractivity contribution < 1.29 is 18.0 Å². The third-order valence-corrected chi connectivity index (χ3v) is 1.47. The van der Waals surface area contributed by atoms with E-state index >= 15 is 0 Å². The molecule has 0 aliphatic carbocycles. The number of amides is 2. The number of hydrogen-bond acceptors (Lipinski definition) is 1. The molecule has 0 bridgehead atoms. The van der Waals surface area contributed by atoms with E-state index in [1.165, 1.54) is 7.05 Å². The highest BCUT2D eigenvalue weighted by molar-refractivity contribution is 5.89. The lowest BCUT2D eigenvalue weighted by Crippen LogP contribution is -2.25. The maximum absolute atomic E-state index is 12.9. The van der Waals surface area contributed by atoms with Gasteiger partial charge in [0.2, 0.25) is 0 Å². The van der Waals surface area contributed by atoms with E-state index in [0.717, 1.165) is 0 Å². The second kappa shape index (κ2) is 3.99. The Kier molecular flexibility index (Phi) is 2.95. The zero-order valence-electron chi connectivity index (χ0n) is 7.20. The molecule has 6 heteroatoms. The van der Waals surface area contributed by atoms with Crippen LogP contribution in [-0.4, -0.2) is 13.1 Å². The van der Waals surface area contributed by atoms with Crippen LogP contribution in [0.3, 0.4) is 0 Å². The predicted octanol–water partition coefficient (Wildman–Crippen LogP) is 1.86. The van der Waals surface area contributed by atoms with Crippen LogP contribution in [0.1, 0.15) is 0 Å². The molecule has 0 spiro atoms. The number of halogens is 3. The molecule has 76 valence electrons. The molecule has 0 radical (unpaired) electrons. The van der Waals surface area contributed by atoms with Gasteiger partial charge < -0.3 is 10.6 Å². The lowest BCUT2D eigenvalue weighted by Gasteiger charge is -2.05. The molecule has 0 atom stereocenters. The van der Waals surface area contributed by atoms with E-state index in [4.69, 9.17) is 0 Å². The largest absolute Gasteiger partial charge is 0.341 e. The third-order valence-electron chi connectivity index (χ3n) is 1.47. The minimum absolute atomic E-state index is 0.393. The molecular weight excluding hydrogens is 197 g/mol. The monoisotopic (exact) mass is 204 g/mol. The van der Waals surface area contributed by atoms with Gasteiger partial charge in [0, 0.05) is 19.2 Å².